The van der Waals surface area contributed by atoms with Gasteiger partial charge >= 0.3 is 0 Å². The van der Waals surface area contributed by atoms with Gasteiger partial charge in [0.2, 0.25) is 0 Å². The molecule has 172 valence electrons. The zero-order valence-corrected chi connectivity index (χ0v) is 21.2. The SMILES string of the molecule is COc1cc(/C=C2/SC(=S)N(c3cccc(Br)c3)C2=O)ccc1OCC(=O)Nc1ccccc1. The molecule has 1 aliphatic heterocycles. The van der Waals surface area contributed by atoms with Crippen molar-refractivity contribution >= 4 is 73.5 Å². The second-order valence-corrected chi connectivity index (χ2v) is 9.70. The van der Waals surface area contributed by atoms with E-state index in [0.717, 1.165) is 10.0 Å². The van der Waals surface area contributed by atoms with E-state index in [1.807, 2.05) is 42.5 Å². The van der Waals surface area contributed by atoms with Crippen molar-refractivity contribution < 1.29 is 19.1 Å². The Morgan fingerprint density at radius 3 is 2.62 bits per heavy atom. The topological polar surface area (TPSA) is 67.9 Å². The lowest BCUT2D eigenvalue weighted by molar-refractivity contribution is -0.118. The zero-order chi connectivity index (χ0) is 24.1. The molecule has 6 nitrogen and oxygen atoms in total. The molecule has 0 aromatic heterocycles. The van der Waals surface area contributed by atoms with Crippen LogP contribution in [-0.4, -0.2) is 29.9 Å². The van der Waals surface area contributed by atoms with E-state index in [4.69, 9.17) is 21.7 Å². The van der Waals surface area contributed by atoms with Gasteiger partial charge in [-0.3, -0.25) is 14.5 Å². The van der Waals surface area contributed by atoms with Crippen LogP contribution in [0.15, 0.2) is 82.2 Å². The third-order valence-electron chi connectivity index (χ3n) is 4.76. The number of para-hydroxylation sites is 1. The second-order valence-electron chi connectivity index (χ2n) is 7.11. The molecule has 0 aliphatic carbocycles. The van der Waals surface area contributed by atoms with Gasteiger partial charge in [-0.2, -0.15) is 0 Å². The minimum atomic E-state index is -0.284. The lowest BCUT2D eigenvalue weighted by atomic mass is 10.2. The van der Waals surface area contributed by atoms with Gasteiger partial charge in [-0.15, -0.1) is 0 Å². The average Bonchev–Trinajstić information content (AvgIpc) is 3.11. The highest BCUT2D eigenvalue weighted by atomic mass is 79.9. The van der Waals surface area contributed by atoms with Gasteiger partial charge in [-0.25, -0.2) is 0 Å². The number of methoxy groups -OCH3 is 1. The van der Waals surface area contributed by atoms with Crippen molar-refractivity contribution in [3.8, 4) is 11.5 Å². The molecule has 1 N–H and O–H groups in total. The van der Waals surface area contributed by atoms with Crippen molar-refractivity contribution in [2.75, 3.05) is 23.9 Å². The van der Waals surface area contributed by atoms with Crippen molar-refractivity contribution in [3.63, 3.8) is 0 Å². The first-order chi connectivity index (χ1) is 16.4. The largest absolute Gasteiger partial charge is 0.493 e. The molecule has 0 bridgehead atoms. The second kappa shape index (κ2) is 10.9. The van der Waals surface area contributed by atoms with Crippen LogP contribution in [0.25, 0.3) is 6.08 Å². The molecule has 2 amide bonds. The normalized spacial score (nSPS) is 14.4. The Labute approximate surface area is 215 Å². The van der Waals surface area contributed by atoms with E-state index in [9.17, 15) is 9.59 Å². The number of carbonyl (C=O) groups is 2. The van der Waals surface area contributed by atoms with Crippen LogP contribution in [0.2, 0.25) is 0 Å². The van der Waals surface area contributed by atoms with E-state index < -0.39 is 0 Å². The molecule has 3 aromatic rings. The van der Waals surface area contributed by atoms with Crippen molar-refractivity contribution in [2.24, 2.45) is 0 Å². The average molecular weight is 555 g/mol. The fourth-order valence-electron chi connectivity index (χ4n) is 3.21. The molecule has 0 unspecified atom stereocenters. The number of thiocarbonyl (C=S) groups is 1. The summed E-state index contributed by atoms with van der Waals surface area (Å²) in [7, 11) is 1.52. The number of halogens is 1. The summed E-state index contributed by atoms with van der Waals surface area (Å²) in [5, 5.41) is 2.77. The fourth-order valence-corrected chi connectivity index (χ4v) is 4.90. The Bertz CT molecular complexity index is 1280. The van der Waals surface area contributed by atoms with Gasteiger partial charge in [-0.1, -0.05) is 70.2 Å². The predicted molar refractivity (Wildman–Crippen MR) is 143 cm³/mol. The first-order valence-electron chi connectivity index (χ1n) is 10.1. The molecule has 34 heavy (non-hydrogen) atoms. The Morgan fingerprint density at radius 2 is 1.88 bits per heavy atom. The molecule has 0 atom stereocenters. The first kappa shape index (κ1) is 24.0. The molecule has 1 fully saturated rings. The van der Waals surface area contributed by atoms with Crippen LogP contribution in [0.1, 0.15) is 5.56 Å². The van der Waals surface area contributed by atoms with E-state index in [-0.39, 0.29) is 18.4 Å². The highest BCUT2D eigenvalue weighted by Gasteiger charge is 2.33. The van der Waals surface area contributed by atoms with Crippen LogP contribution in [0.4, 0.5) is 11.4 Å². The van der Waals surface area contributed by atoms with E-state index in [2.05, 4.69) is 21.2 Å². The number of amides is 2. The number of anilines is 2. The third-order valence-corrected chi connectivity index (χ3v) is 6.56. The third kappa shape index (κ3) is 5.67. The van der Waals surface area contributed by atoms with Crippen LogP contribution in [0, 0.1) is 0 Å². The molecule has 3 aromatic carbocycles. The number of nitrogens with zero attached hydrogens (tertiary/aromatic N) is 1. The molecular weight excluding hydrogens is 536 g/mol. The summed E-state index contributed by atoms with van der Waals surface area (Å²) in [5.74, 6) is 0.395. The summed E-state index contributed by atoms with van der Waals surface area (Å²) >= 11 is 10.1. The molecule has 0 saturated carbocycles. The number of thioether (sulfide) groups is 1. The van der Waals surface area contributed by atoms with Gasteiger partial charge in [-0.05, 0) is 54.1 Å². The van der Waals surface area contributed by atoms with Crippen LogP contribution >= 0.6 is 39.9 Å². The zero-order valence-electron chi connectivity index (χ0n) is 18.0. The number of carbonyl (C=O) groups excluding carboxylic acids is 2. The minimum Gasteiger partial charge on any atom is -0.493 e. The fraction of sp³-hybridized carbons (Fsp3) is 0.0800. The van der Waals surface area contributed by atoms with Crippen LogP contribution in [0.3, 0.4) is 0 Å². The Balaban J connectivity index is 1.46. The Morgan fingerprint density at radius 1 is 1.09 bits per heavy atom. The molecule has 4 rings (SSSR count). The quantitative estimate of drug-likeness (QED) is 0.290. The Hall–Kier alpha value is -3.14. The van der Waals surface area contributed by atoms with Crippen molar-refractivity contribution in [1.29, 1.82) is 0 Å². The van der Waals surface area contributed by atoms with Gasteiger partial charge in [0.15, 0.2) is 22.4 Å². The van der Waals surface area contributed by atoms with E-state index in [1.54, 1.807) is 36.4 Å². The summed E-state index contributed by atoms with van der Waals surface area (Å²) < 4.78 is 12.4. The van der Waals surface area contributed by atoms with E-state index in [1.165, 1.54) is 23.8 Å². The lowest BCUT2D eigenvalue weighted by Gasteiger charge is -2.14. The van der Waals surface area contributed by atoms with Crippen molar-refractivity contribution in [1.82, 2.24) is 0 Å². The summed E-state index contributed by atoms with van der Waals surface area (Å²) in [6.45, 7) is -0.171. The molecule has 1 saturated heterocycles. The number of rotatable bonds is 7. The molecule has 1 heterocycles. The Kier molecular flexibility index (Phi) is 7.66. The maximum Gasteiger partial charge on any atom is 0.270 e. The van der Waals surface area contributed by atoms with Gasteiger partial charge < -0.3 is 14.8 Å². The monoisotopic (exact) mass is 554 g/mol. The van der Waals surface area contributed by atoms with Gasteiger partial charge in [0.05, 0.1) is 17.7 Å². The molecular formula is C25H19BrN2O4S2. The summed E-state index contributed by atoms with van der Waals surface area (Å²) in [5.41, 5.74) is 2.14. The summed E-state index contributed by atoms with van der Waals surface area (Å²) in [6.07, 6.45) is 1.76. The number of benzene rings is 3. The van der Waals surface area contributed by atoms with Gasteiger partial charge in [0.1, 0.15) is 0 Å². The molecule has 1 aliphatic rings. The maximum absolute atomic E-state index is 13.0. The highest BCUT2D eigenvalue weighted by Crippen LogP contribution is 2.37. The predicted octanol–water partition coefficient (Wildman–Crippen LogP) is 5.88. The van der Waals surface area contributed by atoms with Crippen LogP contribution < -0.4 is 19.7 Å². The standard InChI is InChI=1S/C25H19BrN2O4S2/c1-31-21-12-16(10-11-20(21)32-15-23(29)27-18-7-3-2-4-8-18)13-22-24(30)28(25(33)34-22)19-9-5-6-17(26)14-19/h2-14H,15H2,1H3,(H,27,29)/b22-13+. The number of nitrogens with one attached hydrogen (secondary N) is 1. The van der Waals surface area contributed by atoms with Gasteiger partial charge in [0, 0.05) is 10.2 Å². The summed E-state index contributed by atoms with van der Waals surface area (Å²) in [4.78, 5) is 27.2. The first-order valence-corrected chi connectivity index (χ1v) is 12.2. The lowest BCUT2D eigenvalue weighted by Crippen LogP contribution is -2.27. The van der Waals surface area contributed by atoms with Gasteiger partial charge in [0.25, 0.3) is 11.8 Å². The maximum atomic E-state index is 13.0. The smallest absolute Gasteiger partial charge is 0.270 e. The highest BCUT2D eigenvalue weighted by molar-refractivity contribution is 9.10. The van der Waals surface area contributed by atoms with Crippen LogP contribution in [0.5, 0.6) is 11.5 Å². The minimum absolute atomic E-state index is 0.171. The number of hydrogen-bond acceptors (Lipinski definition) is 6. The van der Waals surface area contributed by atoms with Crippen molar-refractivity contribution in [2.45, 2.75) is 0 Å². The number of ether oxygens (including phenoxy) is 2. The molecule has 9 heteroatoms. The summed E-state index contributed by atoms with van der Waals surface area (Å²) in [6, 6.07) is 21.8. The van der Waals surface area contributed by atoms with E-state index in [0.29, 0.717) is 32.1 Å². The number of hydrogen-bond donors (Lipinski definition) is 1. The molecule has 0 radical (unpaired) electrons. The van der Waals surface area contributed by atoms with E-state index >= 15 is 0 Å². The van der Waals surface area contributed by atoms with Crippen molar-refractivity contribution in [3.05, 3.63) is 87.7 Å². The van der Waals surface area contributed by atoms with Crippen LogP contribution in [-0.2, 0) is 9.59 Å². The molecule has 0 spiro atoms.